The van der Waals surface area contributed by atoms with E-state index in [0.717, 1.165) is 47.7 Å². The molecule has 0 saturated heterocycles. The smallest absolute Gasteiger partial charge is 0.124 e. The maximum absolute atomic E-state index is 8.78. The van der Waals surface area contributed by atoms with Gasteiger partial charge in [-0.2, -0.15) is 0 Å². The van der Waals surface area contributed by atoms with Crippen molar-refractivity contribution in [3.8, 4) is 5.75 Å². The molecule has 6 heteroatoms. The topological polar surface area (TPSA) is 41.5 Å². The highest BCUT2D eigenvalue weighted by atomic mass is 35.5. The van der Waals surface area contributed by atoms with Crippen LogP contribution in [-0.4, -0.2) is 18.3 Å². The second kappa shape index (κ2) is 12.4. The van der Waals surface area contributed by atoms with Crippen LogP contribution in [0.25, 0.3) is 0 Å². The van der Waals surface area contributed by atoms with E-state index in [2.05, 4.69) is 5.32 Å². The van der Waals surface area contributed by atoms with Gasteiger partial charge in [-0.15, -0.1) is 12.4 Å². The van der Waals surface area contributed by atoms with Gasteiger partial charge >= 0.3 is 0 Å². The highest BCUT2D eigenvalue weighted by Crippen LogP contribution is 2.24. The Kier molecular flexibility index (Phi) is 10.9. The van der Waals surface area contributed by atoms with Crippen molar-refractivity contribution >= 4 is 35.6 Å². The lowest BCUT2D eigenvalue weighted by Gasteiger charge is -2.13. The molecule has 138 valence electrons. The van der Waals surface area contributed by atoms with E-state index in [4.69, 9.17) is 33.0 Å². The summed E-state index contributed by atoms with van der Waals surface area (Å²) in [6.45, 7) is 2.36. The molecule has 2 rings (SSSR count). The summed E-state index contributed by atoms with van der Waals surface area (Å²) in [5.74, 6) is 0.831. The van der Waals surface area contributed by atoms with E-state index in [9.17, 15) is 0 Å². The number of halogens is 3. The molecular weight excluding hydrogens is 381 g/mol. The molecule has 2 aromatic rings. The van der Waals surface area contributed by atoms with Crippen molar-refractivity contribution in [2.75, 3.05) is 13.2 Å². The molecule has 0 fully saturated rings. The lowest BCUT2D eigenvalue weighted by atomic mass is 10.2. The van der Waals surface area contributed by atoms with Crippen molar-refractivity contribution in [3.63, 3.8) is 0 Å². The van der Waals surface area contributed by atoms with Crippen LogP contribution in [-0.2, 0) is 13.2 Å². The van der Waals surface area contributed by atoms with Gasteiger partial charge in [-0.25, -0.2) is 0 Å². The van der Waals surface area contributed by atoms with Crippen LogP contribution < -0.4 is 10.1 Å². The SMILES string of the molecule is Cl.OCCCCCNCc1cc(Cl)ccc1OCc1ccc(Cl)cc1. The number of aliphatic hydroxyl groups is 1. The molecule has 0 aliphatic rings. The number of hydrogen-bond donors (Lipinski definition) is 2. The molecule has 2 aromatic carbocycles. The van der Waals surface area contributed by atoms with Crippen LogP contribution in [0.5, 0.6) is 5.75 Å². The first-order valence-corrected chi connectivity index (χ1v) is 8.92. The maximum atomic E-state index is 8.78. The Morgan fingerprint density at radius 1 is 0.920 bits per heavy atom. The molecule has 0 amide bonds. The molecule has 0 unspecified atom stereocenters. The van der Waals surface area contributed by atoms with Gasteiger partial charge in [0, 0.05) is 28.8 Å². The summed E-state index contributed by atoms with van der Waals surface area (Å²) in [7, 11) is 0. The summed E-state index contributed by atoms with van der Waals surface area (Å²) in [5, 5.41) is 13.6. The van der Waals surface area contributed by atoms with Crippen LogP contribution in [0, 0.1) is 0 Å². The molecule has 0 spiro atoms. The van der Waals surface area contributed by atoms with Gasteiger partial charge in [0.15, 0.2) is 0 Å². The third-order valence-electron chi connectivity index (χ3n) is 3.66. The van der Waals surface area contributed by atoms with Gasteiger partial charge < -0.3 is 15.2 Å². The van der Waals surface area contributed by atoms with Gasteiger partial charge in [0.25, 0.3) is 0 Å². The summed E-state index contributed by atoms with van der Waals surface area (Å²) < 4.78 is 5.94. The largest absolute Gasteiger partial charge is 0.489 e. The highest BCUT2D eigenvalue weighted by molar-refractivity contribution is 6.30. The molecule has 0 atom stereocenters. The summed E-state index contributed by atoms with van der Waals surface area (Å²) >= 11 is 12.0. The van der Waals surface area contributed by atoms with E-state index in [1.165, 1.54) is 0 Å². The fraction of sp³-hybridized carbons (Fsp3) is 0.368. The third kappa shape index (κ3) is 8.30. The number of aliphatic hydroxyl groups excluding tert-OH is 1. The predicted molar refractivity (Wildman–Crippen MR) is 107 cm³/mol. The Balaban J connectivity index is 0.00000312. The quantitative estimate of drug-likeness (QED) is 0.532. The Bertz CT molecular complexity index is 621. The van der Waals surface area contributed by atoms with Crippen molar-refractivity contribution in [1.82, 2.24) is 5.32 Å². The second-order valence-electron chi connectivity index (χ2n) is 5.63. The molecule has 25 heavy (non-hydrogen) atoms. The van der Waals surface area contributed by atoms with Crippen molar-refractivity contribution in [2.24, 2.45) is 0 Å². The predicted octanol–water partition coefficient (Wildman–Crippen LogP) is 5.25. The Morgan fingerprint density at radius 3 is 2.36 bits per heavy atom. The van der Waals surface area contributed by atoms with Crippen molar-refractivity contribution in [2.45, 2.75) is 32.4 Å². The summed E-state index contributed by atoms with van der Waals surface area (Å²) in [6.07, 6.45) is 2.93. The number of unbranched alkanes of at least 4 members (excludes halogenated alkanes) is 2. The van der Waals surface area contributed by atoms with Crippen molar-refractivity contribution in [3.05, 3.63) is 63.6 Å². The summed E-state index contributed by atoms with van der Waals surface area (Å²) in [4.78, 5) is 0. The Hall–Kier alpha value is -0.970. The van der Waals surface area contributed by atoms with Crippen LogP contribution in [0.2, 0.25) is 10.0 Å². The average Bonchev–Trinajstić information content (AvgIpc) is 2.58. The fourth-order valence-electron chi connectivity index (χ4n) is 2.33. The van der Waals surface area contributed by atoms with E-state index >= 15 is 0 Å². The standard InChI is InChI=1S/C19H23Cl2NO2.ClH/c20-17-6-4-15(5-7-17)14-24-19-9-8-18(21)12-16(19)13-22-10-2-1-3-11-23;/h4-9,12,22-23H,1-3,10-11,13-14H2;1H. The number of rotatable bonds is 10. The molecule has 0 aromatic heterocycles. The number of hydrogen-bond acceptors (Lipinski definition) is 3. The van der Waals surface area contributed by atoms with Crippen molar-refractivity contribution < 1.29 is 9.84 Å². The Morgan fingerprint density at radius 2 is 1.64 bits per heavy atom. The van der Waals surface area contributed by atoms with Gasteiger partial charge in [0.2, 0.25) is 0 Å². The molecule has 0 bridgehead atoms. The number of nitrogens with one attached hydrogen (secondary N) is 1. The van der Waals surface area contributed by atoms with Crippen molar-refractivity contribution in [1.29, 1.82) is 0 Å². The zero-order valence-electron chi connectivity index (χ0n) is 14.0. The minimum absolute atomic E-state index is 0. The van der Waals surface area contributed by atoms with Gasteiger partial charge in [-0.3, -0.25) is 0 Å². The molecule has 0 aliphatic heterocycles. The zero-order chi connectivity index (χ0) is 17.2. The summed E-state index contributed by atoms with van der Waals surface area (Å²) in [5.41, 5.74) is 2.11. The van der Waals surface area contributed by atoms with E-state index in [0.29, 0.717) is 18.2 Å². The lowest BCUT2D eigenvalue weighted by molar-refractivity contribution is 0.282. The van der Waals surface area contributed by atoms with E-state index in [1.54, 1.807) is 0 Å². The summed E-state index contributed by atoms with van der Waals surface area (Å²) in [6, 6.07) is 13.3. The molecule has 0 heterocycles. The maximum Gasteiger partial charge on any atom is 0.124 e. The zero-order valence-corrected chi connectivity index (χ0v) is 16.3. The van der Waals surface area contributed by atoms with E-state index in [1.807, 2.05) is 42.5 Å². The molecular formula is C19H24Cl3NO2. The van der Waals surface area contributed by atoms with E-state index < -0.39 is 0 Å². The van der Waals surface area contributed by atoms with Crippen LogP contribution in [0.4, 0.5) is 0 Å². The molecule has 0 aliphatic carbocycles. The van der Waals surface area contributed by atoms with Gasteiger partial charge in [0.1, 0.15) is 12.4 Å². The molecule has 0 radical (unpaired) electrons. The van der Waals surface area contributed by atoms with Crippen LogP contribution >= 0.6 is 35.6 Å². The normalized spacial score (nSPS) is 10.4. The number of ether oxygens (including phenoxy) is 1. The third-order valence-corrected chi connectivity index (χ3v) is 4.14. The molecule has 2 N–H and O–H groups in total. The first kappa shape index (κ1) is 22.1. The number of benzene rings is 2. The average molecular weight is 405 g/mol. The van der Waals surface area contributed by atoms with Crippen LogP contribution in [0.1, 0.15) is 30.4 Å². The molecule has 0 saturated carbocycles. The lowest BCUT2D eigenvalue weighted by Crippen LogP contribution is -2.15. The monoisotopic (exact) mass is 403 g/mol. The first-order chi connectivity index (χ1) is 11.7. The van der Waals surface area contributed by atoms with Crippen LogP contribution in [0.15, 0.2) is 42.5 Å². The van der Waals surface area contributed by atoms with E-state index in [-0.39, 0.29) is 19.0 Å². The van der Waals surface area contributed by atoms with Gasteiger partial charge in [-0.1, -0.05) is 35.3 Å². The van der Waals surface area contributed by atoms with Crippen LogP contribution in [0.3, 0.4) is 0 Å². The van der Waals surface area contributed by atoms with Gasteiger partial charge in [-0.05, 0) is 61.7 Å². The fourth-order valence-corrected chi connectivity index (χ4v) is 2.65. The van der Waals surface area contributed by atoms with Gasteiger partial charge in [0.05, 0.1) is 0 Å². The minimum atomic E-state index is 0. The molecule has 3 nitrogen and oxygen atoms in total. The first-order valence-electron chi connectivity index (χ1n) is 8.16. The highest BCUT2D eigenvalue weighted by Gasteiger charge is 2.05. The second-order valence-corrected chi connectivity index (χ2v) is 6.50. The Labute approximate surface area is 165 Å². The minimum Gasteiger partial charge on any atom is -0.489 e.